The molecule has 1 aliphatic heterocycles. The van der Waals surface area contributed by atoms with Gasteiger partial charge in [0.25, 0.3) is 5.91 Å². The van der Waals surface area contributed by atoms with E-state index in [2.05, 4.69) is 15.7 Å². The standard InChI is InChI=1S/C26H29N5O4/c1-16-10-19-11-23(34-4)24(35-5)12-21(19)22(15-31(16)26(33)27-2)17-6-8-18(9-7-17)25(32)29-20-13-28-30(3)14-20/h6-9,11-16H,10H2,1-5H3,(H,27,33)(H,29,32). The second kappa shape index (κ2) is 9.92. The number of ether oxygens (including phenoxy) is 2. The van der Waals surface area contributed by atoms with Gasteiger partial charge >= 0.3 is 6.03 Å². The van der Waals surface area contributed by atoms with Crippen LogP contribution in [0.3, 0.4) is 0 Å². The molecule has 9 heteroatoms. The summed E-state index contributed by atoms with van der Waals surface area (Å²) in [5.74, 6) is 1.01. The lowest BCUT2D eigenvalue weighted by molar-refractivity contribution is 0.102. The molecular formula is C26H29N5O4. The molecule has 0 radical (unpaired) electrons. The molecule has 3 aromatic rings. The van der Waals surface area contributed by atoms with E-state index < -0.39 is 0 Å². The monoisotopic (exact) mass is 475 g/mol. The van der Waals surface area contributed by atoms with Gasteiger partial charge in [-0.2, -0.15) is 5.10 Å². The van der Waals surface area contributed by atoms with Crippen LogP contribution in [0.15, 0.2) is 55.0 Å². The Labute approximate surface area is 204 Å². The third-order valence-corrected chi connectivity index (χ3v) is 6.03. The second-order valence-electron chi connectivity index (χ2n) is 8.36. The summed E-state index contributed by atoms with van der Waals surface area (Å²) >= 11 is 0. The zero-order chi connectivity index (χ0) is 25.1. The van der Waals surface area contributed by atoms with Gasteiger partial charge in [0.15, 0.2) is 11.5 Å². The summed E-state index contributed by atoms with van der Waals surface area (Å²) in [6.45, 7) is 2.00. The number of carbonyl (C=O) groups is 2. The van der Waals surface area contributed by atoms with Crippen LogP contribution in [0, 0.1) is 0 Å². The predicted molar refractivity (Wildman–Crippen MR) is 134 cm³/mol. The van der Waals surface area contributed by atoms with Gasteiger partial charge in [-0.05, 0) is 54.3 Å². The fraction of sp³-hybridized carbons (Fsp3) is 0.269. The molecule has 182 valence electrons. The molecule has 3 amide bonds. The molecule has 1 unspecified atom stereocenters. The second-order valence-corrected chi connectivity index (χ2v) is 8.36. The van der Waals surface area contributed by atoms with E-state index in [4.69, 9.17) is 9.47 Å². The Morgan fingerprint density at radius 2 is 1.77 bits per heavy atom. The molecule has 2 aromatic carbocycles. The molecule has 2 heterocycles. The van der Waals surface area contributed by atoms with E-state index in [0.717, 1.165) is 22.3 Å². The Bertz CT molecular complexity index is 1280. The van der Waals surface area contributed by atoms with E-state index in [0.29, 0.717) is 29.2 Å². The summed E-state index contributed by atoms with van der Waals surface area (Å²) in [4.78, 5) is 27.1. The quantitative estimate of drug-likeness (QED) is 0.587. The van der Waals surface area contributed by atoms with Crippen molar-refractivity contribution in [1.82, 2.24) is 20.0 Å². The van der Waals surface area contributed by atoms with Gasteiger partial charge < -0.3 is 20.1 Å². The van der Waals surface area contributed by atoms with Crippen molar-refractivity contribution in [2.24, 2.45) is 7.05 Å². The van der Waals surface area contributed by atoms with Gasteiger partial charge in [-0.3, -0.25) is 14.4 Å². The maximum atomic E-state index is 12.7. The van der Waals surface area contributed by atoms with Crippen LogP contribution in [0.1, 0.15) is 34.0 Å². The first-order chi connectivity index (χ1) is 16.8. The summed E-state index contributed by atoms with van der Waals surface area (Å²) in [6.07, 6.45) is 5.81. The third-order valence-electron chi connectivity index (χ3n) is 6.03. The van der Waals surface area contributed by atoms with E-state index >= 15 is 0 Å². The number of anilines is 1. The van der Waals surface area contributed by atoms with Crippen LogP contribution in [-0.4, -0.2) is 53.9 Å². The van der Waals surface area contributed by atoms with E-state index in [9.17, 15) is 9.59 Å². The van der Waals surface area contributed by atoms with Crippen LogP contribution in [0.5, 0.6) is 11.5 Å². The molecule has 0 saturated carbocycles. The zero-order valence-electron chi connectivity index (χ0n) is 20.5. The van der Waals surface area contributed by atoms with Crippen LogP contribution >= 0.6 is 0 Å². The number of aromatic nitrogens is 2. The van der Waals surface area contributed by atoms with E-state index in [1.807, 2.05) is 37.4 Å². The van der Waals surface area contributed by atoms with Gasteiger partial charge in [-0.15, -0.1) is 0 Å². The molecule has 0 spiro atoms. The fourth-order valence-corrected chi connectivity index (χ4v) is 4.20. The number of methoxy groups -OCH3 is 2. The lowest BCUT2D eigenvalue weighted by Gasteiger charge is -2.24. The molecule has 9 nitrogen and oxygen atoms in total. The highest BCUT2D eigenvalue weighted by Gasteiger charge is 2.27. The maximum Gasteiger partial charge on any atom is 0.321 e. The van der Waals surface area contributed by atoms with Crippen molar-refractivity contribution in [2.75, 3.05) is 26.6 Å². The summed E-state index contributed by atoms with van der Waals surface area (Å²) in [5.41, 5.74) is 4.81. The van der Waals surface area contributed by atoms with Crippen molar-refractivity contribution in [1.29, 1.82) is 0 Å². The lowest BCUT2D eigenvalue weighted by atomic mass is 9.92. The molecule has 1 aliphatic rings. The highest BCUT2D eigenvalue weighted by Crippen LogP contribution is 2.39. The van der Waals surface area contributed by atoms with Gasteiger partial charge in [-0.1, -0.05) is 12.1 Å². The molecule has 0 bridgehead atoms. The first-order valence-electron chi connectivity index (χ1n) is 11.2. The van der Waals surface area contributed by atoms with Gasteiger partial charge in [0, 0.05) is 43.7 Å². The van der Waals surface area contributed by atoms with Crippen molar-refractivity contribution in [3.05, 3.63) is 77.2 Å². The van der Waals surface area contributed by atoms with E-state index in [1.165, 1.54) is 0 Å². The van der Waals surface area contributed by atoms with Gasteiger partial charge in [0.2, 0.25) is 0 Å². The predicted octanol–water partition coefficient (Wildman–Crippen LogP) is 3.66. The number of urea groups is 1. The summed E-state index contributed by atoms with van der Waals surface area (Å²) in [7, 11) is 6.60. The summed E-state index contributed by atoms with van der Waals surface area (Å²) in [6, 6.07) is 10.9. The largest absolute Gasteiger partial charge is 0.493 e. The SMILES string of the molecule is CNC(=O)N1C=C(c2ccc(C(=O)Nc3cnn(C)c3)cc2)c2cc(OC)c(OC)cc2CC1C. The van der Waals surface area contributed by atoms with E-state index in [1.54, 1.807) is 62.4 Å². The zero-order valence-corrected chi connectivity index (χ0v) is 20.5. The number of aryl methyl sites for hydroxylation is 1. The minimum Gasteiger partial charge on any atom is -0.493 e. The van der Waals surface area contributed by atoms with Crippen molar-refractivity contribution in [2.45, 2.75) is 19.4 Å². The van der Waals surface area contributed by atoms with Crippen LogP contribution < -0.4 is 20.1 Å². The number of fused-ring (bicyclic) bond motifs is 1. The van der Waals surface area contributed by atoms with Crippen molar-refractivity contribution in [3.8, 4) is 11.5 Å². The summed E-state index contributed by atoms with van der Waals surface area (Å²) < 4.78 is 12.7. The molecule has 0 aliphatic carbocycles. The third kappa shape index (κ3) is 4.84. The van der Waals surface area contributed by atoms with Crippen LogP contribution in [0.4, 0.5) is 10.5 Å². The number of benzene rings is 2. The minimum absolute atomic E-state index is 0.0890. The normalized spacial score (nSPS) is 14.9. The van der Waals surface area contributed by atoms with Gasteiger partial charge in [0.05, 0.1) is 26.1 Å². The first kappa shape index (κ1) is 23.9. The molecule has 0 fully saturated rings. The molecule has 4 rings (SSSR count). The summed E-state index contributed by atoms with van der Waals surface area (Å²) in [5, 5.41) is 9.63. The number of nitrogens with one attached hydrogen (secondary N) is 2. The molecule has 0 saturated heterocycles. The van der Waals surface area contributed by atoms with Crippen molar-refractivity contribution < 1.29 is 19.1 Å². The first-order valence-corrected chi connectivity index (χ1v) is 11.2. The van der Waals surface area contributed by atoms with Crippen molar-refractivity contribution in [3.63, 3.8) is 0 Å². The minimum atomic E-state index is -0.230. The van der Waals surface area contributed by atoms with Crippen molar-refractivity contribution >= 4 is 23.2 Å². The van der Waals surface area contributed by atoms with Crippen LogP contribution in [-0.2, 0) is 13.5 Å². The number of hydrogen-bond donors (Lipinski definition) is 2. The fourth-order valence-electron chi connectivity index (χ4n) is 4.20. The van der Waals surface area contributed by atoms with Gasteiger partial charge in [0.1, 0.15) is 0 Å². The number of hydrogen-bond acceptors (Lipinski definition) is 5. The smallest absolute Gasteiger partial charge is 0.321 e. The van der Waals surface area contributed by atoms with E-state index in [-0.39, 0.29) is 18.0 Å². The lowest BCUT2D eigenvalue weighted by Crippen LogP contribution is -2.40. The molecular weight excluding hydrogens is 446 g/mol. The van der Waals surface area contributed by atoms with Crippen LogP contribution in [0.2, 0.25) is 0 Å². The Morgan fingerprint density at radius 1 is 1.09 bits per heavy atom. The molecule has 35 heavy (non-hydrogen) atoms. The average Bonchev–Trinajstić information content (AvgIpc) is 3.21. The highest BCUT2D eigenvalue weighted by atomic mass is 16.5. The topological polar surface area (TPSA) is 97.7 Å². The average molecular weight is 476 g/mol. The Morgan fingerprint density at radius 3 is 2.37 bits per heavy atom. The maximum absolute atomic E-state index is 12.7. The molecule has 1 aromatic heterocycles. The Balaban J connectivity index is 1.75. The molecule has 2 N–H and O–H groups in total. The van der Waals surface area contributed by atoms with Crippen LogP contribution in [0.25, 0.3) is 5.57 Å². The Kier molecular flexibility index (Phi) is 6.77. The molecule has 1 atom stereocenters. The van der Waals surface area contributed by atoms with Gasteiger partial charge in [-0.25, -0.2) is 4.79 Å². The number of rotatable bonds is 5. The highest BCUT2D eigenvalue weighted by molar-refractivity contribution is 6.04. The number of carbonyl (C=O) groups excluding carboxylic acids is 2. The number of amides is 3. The number of nitrogens with zero attached hydrogens (tertiary/aromatic N) is 3. The Hall–Kier alpha value is -4.27.